The van der Waals surface area contributed by atoms with Crippen molar-refractivity contribution in [3.8, 4) is 0 Å². The molecule has 0 aliphatic carbocycles. The molecule has 1 N–H and O–H groups in total. The lowest BCUT2D eigenvalue weighted by Gasteiger charge is -2.32. The van der Waals surface area contributed by atoms with Gasteiger partial charge in [-0.05, 0) is 38.6 Å². The van der Waals surface area contributed by atoms with Crippen LogP contribution in [0.2, 0.25) is 0 Å². The Balaban J connectivity index is 1.76. The quantitative estimate of drug-likeness (QED) is 0.797. The highest BCUT2D eigenvalue weighted by Gasteiger charge is 2.29. The topological polar surface area (TPSA) is 65.5 Å². The Kier molecular flexibility index (Phi) is 6.52. The largest absolute Gasteiger partial charge is 0.355 e. The van der Waals surface area contributed by atoms with Crippen molar-refractivity contribution in [2.24, 2.45) is 5.92 Å². The zero-order chi connectivity index (χ0) is 16.7. The van der Waals surface area contributed by atoms with Gasteiger partial charge in [0.15, 0.2) is 0 Å². The maximum atomic E-state index is 12.3. The molecule has 1 aliphatic rings. The highest BCUT2D eigenvalue weighted by molar-refractivity contribution is 5.83. The van der Waals surface area contributed by atoms with Gasteiger partial charge in [-0.2, -0.15) is 0 Å². The van der Waals surface area contributed by atoms with Gasteiger partial charge in [0.1, 0.15) is 0 Å². The first-order chi connectivity index (χ1) is 11.1. The van der Waals surface area contributed by atoms with E-state index in [2.05, 4.69) is 10.3 Å². The van der Waals surface area contributed by atoms with E-state index < -0.39 is 0 Å². The molecule has 0 bridgehead atoms. The van der Waals surface area contributed by atoms with E-state index in [1.165, 1.54) is 0 Å². The van der Waals surface area contributed by atoms with Crippen molar-refractivity contribution in [3.63, 3.8) is 0 Å². The molecule has 0 aromatic carbocycles. The maximum absolute atomic E-state index is 12.3. The summed E-state index contributed by atoms with van der Waals surface area (Å²) in [7, 11) is 3.97. The summed E-state index contributed by atoms with van der Waals surface area (Å²) in [6, 6.07) is 3.90. The molecular formula is C17H26N4O2. The van der Waals surface area contributed by atoms with Gasteiger partial charge in [0, 0.05) is 45.0 Å². The summed E-state index contributed by atoms with van der Waals surface area (Å²) in [5.41, 5.74) is 1.11. The van der Waals surface area contributed by atoms with E-state index in [0.29, 0.717) is 32.5 Å². The van der Waals surface area contributed by atoms with Crippen molar-refractivity contribution in [3.05, 3.63) is 30.1 Å². The molecule has 0 radical (unpaired) electrons. The zero-order valence-electron chi connectivity index (χ0n) is 14.0. The molecule has 1 unspecified atom stereocenters. The summed E-state index contributed by atoms with van der Waals surface area (Å²) in [4.78, 5) is 32.2. The number of hydrogen-bond donors (Lipinski definition) is 1. The lowest BCUT2D eigenvalue weighted by atomic mass is 9.96. The first-order valence-corrected chi connectivity index (χ1v) is 8.15. The van der Waals surface area contributed by atoms with Gasteiger partial charge in [0.2, 0.25) is 11.8 Å². The third-order valence-electron chi connectivity index (χ3n) is 4.12. The van der Waals surface area contributed by atoms with Crippen molar-refractivity contribution < 1.29 is 9.59 Å². The number of carbonyl (C=O) groups excluding carboxylic acids is 2. The number of aromatic nitrogens is 1. The molecule has 6 heteroatoms. The zero-order valence-corrected chi connectivity index (χ0v) is 14.0. The van der Waals surface area contributed by atoms with E-state index in [1.807, 2.05) is 42.2 Å². The summed E-state index contributed by atoms with van der Waals surface area (Å²) in [6.07, 6.45) is 5.44. The predicted molar refractivity (Wildman–Crippen MR) is 88.8 cm³/mol. The summed E-state index contributed by atoms with van der Waals surface area (Å²) >= 11 is 0. The highest BCUT2D eigenvalue weighted by atomic mass is 16.2. The number of hydrogen-bond acceptors (Lipinski definition) is 4. The van der Waals surface area contributed by atoms with Gasteiger partial charge in [0.25, 0.3) is 0 Å². The third kappa shape index (κ3) is 5.63. The lowest BCUT2D eigenvalue weighted by Crippen LogP contribution is -2.47. The molecule has 0 spiro atoms. The minimum atomic E-state index is -0.0937. The molecule has 23 heavy (non-hydrogen) atoms. The average molecular weight is 318 g/mol. The molecule has 126 valence electrons. The number of nitrogens with zero attached hydrogens (tertiary/aromatic N) is 3. The van der Waals surface area contributed by atoms with E-state index in [9.17, 15) is 9.59 Å². The fraction of sp³-hybridized carbons (Fsp3) is 0.588. The average Bonchev–Trinajstić information content (AvgIpc) is 2.55. The van der Waals surface area contributed by atoms with E-state index in [0.717, 1.165) is 18.5 Å². The maximum Gasteiger partial charge on any atom is 0.224 e. The first kappa shape index (κ1) is 17.4. The van der Waals surface area contributed by atoms with Gasteiger partial charge in [-0.1, -0.05) is 6.07 Å². The number of likely N-dealkylation sites (tertiary alicyclic amines) is 1. The molecule has 1 saturated heterocycles. The molecule has 6 nitrogen and oxygen atoms in total. The number of pyridine rings is 1. The van der Waals surface area contributed by atoms with Gasteiger partial charge in [-0.3, -0.25) is 14.6 Å². The predicted octanol–water partition coefficient (Wildman–Crippen LogP) is 0.541. The number of carbonyl (C=O) groups is 2. The van der Waals surface area contributed by atoms with E-state index >= 15 is 0 Å². The number of nitrogens with one attached hydrogen (secondary N) is 1. The molecule has 1 aromatic rings. The van der Waals surface area contributed by atoms with Crippen molar-refractivity contribution in [2.45, 2.75) is 19.3 Å². The Morgan fingerprint density at radius 2 is 2.30 bits per heavy atom. The minimum Gasteiger partial charge on any atom is -0.355 e. The second-order valence-electron chi connectivity index (χ2n) is 6.28. The second kappa shape index (κ2) is 8.62. The number of amides is 2. The van der Waals surface area contributed by atoms with Crippen LogP contribution in [0, 0.1) is 5.92 Å². The van der Waals surface area contributed by atoms with Crippen LogP contribution >= 0.6 is 0 Å². The van der Waals surface area contributed by atoms with Crippen LogP contribution in [-0.2, 0) is 16.0 Å². The van der Waals surface area contributed by atoms with E-state index in [-0.39, 0.29) is 17.7 Å². The standard InChI is InChI=1S/C17H26N4O2/c1-20(2)10-11-21-13-15(5-6-16(21)22)17(23)19-9-7-14-4-3-8-18-12-14/h3-4,8,12,15H,5-7,9-11,13H2,1-2H3,(H,19,23). The molecule has 2 amide bonds. The fourth-order valence-corrected chi connectivity index (χ4v) is 2.69. The Labute approximate surface area is 137 Å². The highest BCUT2D eigenvalue weighted by Crippen LogP contribution is 2.17. The van der Waals surface area contributed by atoms with Crippen molar-refractivity contribution in [2.75, 3.05) is 40.3 Å². The number of likely N-dealkylation sites (N-methyl/N-ethyl adjacent to an activating group) is 1. The minimum absolute atomic E-state index is 0.0521. The molecule has 2 heterocycles. The second-order valence-corrected chi connectivity index (χ2v) is 6.28. The molecule has 1 aliphatic heterocycles. The van der Waals surface area contributed by atoms with Crippen molar-refractivity contribution in [1.29, 1.82) is 0 Å². The SMILES string of the molecule is CN(C)CCN1CC(C(=O)NCCc2cccnc2)CCC1=O. The van der Waals surface area contributed by atoms with Crippen LogP contribution in [0.1, 0.15) is 18.4 Å². The smallest absolute Gasteiger partial charge is 0.224 e. The molecule has 0 saturated carbocycles. The molecule has 1 atom stereocenters. The molecule has 1 aromatic heterocycles. The Hall–Kier alpha value is -1.95. The Bertz CT molecular complexity index is 519. The third-order valence-corrected chi connectivity index (χ3v) is 4.12. The first-order valence-electron chi connectivity index (χ1n) is 8.15. The van der Waals surface area contributed by atoms with Crippen LogP contribution < -0.4 is 5.32 Å². The van der Waals surface area contributed by atoms with E-state index in [1.54, 1.807) is 6.20 Å². The molecule has 1 fully saturated rings. The Morgan fingerprint density at radius 1 is 1.48 bits per heavy atom. The summed E-state index contributed by atoms with van der Waals surface area (Å²) < 4.78 is 0. The summed E-state index contributed by atoms with van der Waals surface area (Å²) in [5.74, 6) is 0.117. The molecular weight excluding hydrogens is 292 g/mol. The normalized spacial score (nSPS) is 18.3. The van der Waals surface area contributed by atoms with Gasteiger partial charge in [-0.15, -0.1) is 0 Å². The van der Waals surface area contributed by atoms with Crippen molar-refractivity contribution in [1.82, 2.24) is 20.1 Å². The van der Waals surface area contributed by atoms with Crippen LogP contribution in [0.4, 0.5) is 0 Å². The monoisotopic (exact) mass is 318 g/mol. The van der Waals surface area contributed by atoms with Crippen LogP contribution in [0.25, 0.3) is 0 Å². The van der Waals surface area contributed by atoms with Gasteiger partial charge in [-0.25, -0.2) is 0 Å². The van der Waals surface area contributed by atoms with Crippen molar-refractivity contribution >= 4 is 11.8 Å². The van der Waals surface area contributed by atoms with Gasteiger partial charge in [0.05, 0.1) is 5.92 Å². The van der Waals surface area contributed by atoms with Crippen LogP contribution in [0.15, 0.2) is 24.5 Å². The van der Waals surface area contributed by atoms with Gasteiger partial charge >= 0.3 is 0 Å². The molecule has 2 rings (SSSR count). The number of rotatable bonds is 7. The van der Waals surface area contributed by atoms with Crippen LogP contribution in [0.3, 0.4) is 0 Å². The lowest BCUT2D eigenvalue weighted by molar-refractivity contribution is -0.138. The Morgan fingerprint density at radius 3 is 3.00 bits per heavy atom. The summed E-state index contributed by atoms with van der Waals surface area (Å²) in [6.45, 7) is 2.64. The van der Waals surface area contributed by atoms with E-state index in [4.69, 9.17) is 0 Å². The number of piperidine rings is 1. The fourth-order valence-electron chi connectivity index (χ4n) is 2.69. The van der Waals surface area contributed by atoms with Crippen LogP contribution in [0.5, 0.6) is 0 Å². The van der Waals surface area contributed by atoms with Crippen LogP contribution in [-0.4, -0.2) is 66.9 Å². The van der Waals surface area contributed by atoms with Gasteiger partial charge < -0.3 is 15.1 Å². The summed E-state index contributed by atoms with van der Waals surface area (Å²) in [5, 5.41) is 2.99.